The van der Waals surface area contributed by atoms with E-state index in [4.69, 9.17) is 9.47 Å². The van der Waals surface area contributed by atoms with E-state index in [0.717, 1.165) is 31.6 Å². The van der Waals surface area contributed by atoms with Crippen LogP contribution in [0.4, 0.5) is 4.39 Å². The Bertz CT molecular complexity index is 463. The summed E-state index contributed by atoms with van der Waals surface area (Å²) in [6.45, 7) is 0.740. The van der Waals surface area contributed by atoms with Gasteiger partial charge in [0.1, 0.15) is 17.7 Å². The lowest BCUT2D eigenvalue weighted by molar-refractivity contribution is -0.0959. The van der Waals surface area contributed by atoms with Crippen molar-refractivity contribution in [3.05, 3.63) is 28.5 Å². The molecule has 2 saturated heterocycles. The molecule has 2 nitrogen and oxygen atoms in total. The van der Waals surface area contributed by atoms with Crippen LogP contribution in [0.25, 0.3) is 0 Å². The van der Waals surface area contributed by atoms with Gasteiger partial charge in [0.15, 0.2) is 0 Å². The first-order valence-corrected chi connectivity index (χ1v) is 8.45. The van der Waals surface area contributed by atoms with E-state index >= 15 is 0 Å². The molecule has 2 aliphatic rings. The van der Waals surface area contributed by atoms with Gasteiger partial charge in [-0.2, -0.15) is 11.8 Å². The van der Waals surface area contributed by atoms with E-state index in [1.54, 1.807) is 12.1 Å². The molecule has 1 spiro atoms. The van der Waals surface area contributed by atoms with Gasteiger partial charge in [0.2, 0.25) is 0 Å². The minimum atomic E-state index is -0.282. The molecule has 1 aromatic carbocycles. The number of ether oxygens (including phenoxy) is 2. The molecule has 0 aliphatic carbocycles. The van der Waals surface area contributed by atoms with Crippen molar-refractivity contribution in [2.75, 3.05) is 18.1 Å². The van der Waals surface area contributed by atoms with Gasteiger partial charge in [0.25, 0.3) is 0 Å². The summed E-state index contributed by atoms with van der Waals surface area (Å²) in [5, 5.41) is 0. The lowest BCUT2D eigenvalue weighted by Gasteiger charge is -2.37. The fourth-order valence-corrected chi connectivity index (χ4v) is 4.31. The van der Waals surface area contributed by atoms with E-state index in [0.29, 0.717) is 10.2 Å². The highest BCUT2D eigenvalue weighted by Crippen LogP contribution is 2.39. The largest absolute Gasteiger partial charge is 0.490 e. The number of thioether (sulfide) groups is 1. The highest BCUT2D eigenvalue weighted by Gasteiger charge is 2.41. The molecular formula is C14H16BrFO2S. The van der Waals surface area contributed by atoms with Gasteiger partial charge in [0.05, 0.1) is 16.7 Å². The molecule has 2 heterocycles. The van der Waals surface area contributed by atoms with Crippen LogP contribution in [0.1, 0.15) is 19.3 Å². The minimum absolute atomic E-state index is 0.00148. The Morgan fingerprint density at radius 2 is 2.37 bits per heavy atom. The Labute approximate surface area is 125 Å². The van der Waals surface area contributed by atoms with Gasteiger partial charge >= 0.3 is 0 Å². The van der Waals surface area contributed by atoms with Crippen LogP contribution >= 0.6 is 27.7 Å². The summed E-state index contributed by atoms with van der Waals surface area (Å²) < 4.78 is 25.8. The molecule has 0 radical (unpaired) electrons. The van der Waals surface area contributed by atoms with Crippen LogP contribution in [0.3, 0.4) is 0 Å². The maximum atomic E-state index is 13.5. The summed E-state index contributed by atoms with van der Waals surface area (Å²) in [7, 11) is 0. The van der Waals surface area contributed by atoms with Gasteiger partial charge in [-0.1, -0.05) is 0 Å². The van der Waals surface area contributed by atoms with Crippen LogP contribution in [0.2, 0.25) is 0 Å². The van der Waals surface area contributed by atoms with E-state index in [1.165, 1.54) is 11.8 Å². The van der Waals surface area contributed by atoms with Crippen molar-refractivity contribution in [3.8, 4) is 5.75 Å². The maximum absolute atomic E-state index is 13.5. The first kappa shape index (κ1) is 13.7. The highest BCUT2D eigenvalue weighted by molar-refractivity contribution is 9.10. The predicted octanol–water partition coefficient (Wildman–Crippen LogP) is 4.02. The normalized spacial score (nSPS) is 30.7. The van der Waals surface area contributed by atoms with Crippen molar-refractivity contribution in [2.45, 2.75) is 31.0 Å². The monoisotopic (exact) mass is 346 g/mol. The summed E-state index contributed by atoms with van der Waals surface area (Å²) in [6.07, 6.45) is 3.03. The van der Waals surface area contributed by atoms with E-state index in [2.05, 4.69) is 15.9 Å². The maximum Gasteiger partial charge on any atom is 0.141 e. The second-order valence-electron chi connectivity index (χ2n) is 5.14. The van der Waals surface area contributed by atoms with Gasteiger partial charge in [-0.05, 0) is 40.2 Å². The topological polar surface area (TPSA) is 18.5 Å². The smallest absolute Gasteiger partial charge is 0.141 e. The van der Waals surface area contributed by atoms with E-state index in [9.17, 15) is 4.39 Å². The third-order valence-electron chi connectivity index (χ3n) is 3.71. The third-order valence-corrected chi connectivity index (χ3v) is 5.57. The number of benzene rings is 1. The van der Waals surface area contributed by atoms with E-state index in [-0.39, 0.29) is 17.5 Å². The van der Waals surface area contributed by atoms with Gasteiger partial charge < -0.3 is 9.47 Å². The summed E-state index contributed by atoms with van der Waals surface area (Å²) in [6, 6.07) is 4.93. The van der Waals surface area contributed by atoms with Crippen molar-refractivity contribution in [3.63, 3.8) is 0 Å². The first-order valence-electron chi connectivity index (χ1n) is 6.50. The van der Waals surface area contributed by atoms with Crippen LogP contribution in [0.5, 0.6) is 5.75 Å². The van der Waals surface area contributed by atoms with E-state index < -0.39 is 0 Å². The Kier molecular flexibility index (Phi) is 4.06. The molecule has 2 unspecified atom stereocenters. The molecule has 0 bridgehead atoms. The summed E-state index contributed by atoms with van der Waals surface area (Å²) >= 11 is 5.10. The predicted molar refractivity (Wildman–Crippen MR) is 78.4 cm³/mol. The summed E-state index contributed by atoms with van der Waals surface area (Å²) in [4.78, 5) is 0. The lowest BCUT2D eigenvalue weighted by Crippen LogP contribution is -2.43. The van der Waals surface area contributed by atoms with Crippen molar-refractivity contribution < 1.29 is 13.9 Å². The van der Waals surface area contributed by atoms with Gasteiger partial charge in [-0.15, -0.1) is 0 Å². The molecule has 2 atom stereocenters. The minimum Gasteiger partial charge on any atom is -0.490 e. The molecule has 0 amide bonds. The SMILES string of the molecule is Fc1cc(OC2CCOC3(CCSC3)C2)ccc1Br. The second kappa shape index (κ2) is 5.62. The molecule has 2 fully saturated rings. The van der Waals surface area contributed by atoms with Gasteiger partial charge in [-0.25, -0.2) is 4.39 Å². The molecule has 0 N–H and O–H groups in total. The highest BCUT2D eigenvalue weighted by atomic mass is 79.9. The molecular weight excluding hydrogens is 331 g/mol. The van der Waals surface area contributed by atoms with Crippen LogP contribution in [-0.4, -0.2) is 29.8 Å². The second-order valence-corrected chi connectivity index (χ2v) is 7.10. The summed E-state index contributed by atoms with van der Waals surface area (Å²) in [5.74, 6) is 2.55. The van der Waals surface area contributed by atoms with Crippen LogP contribution in [0.15, 0.2) is 22.7 Å². The van der Waals surface area contributed by atoms with Crippen molar-refractivity contribution in [2.24, 2.45) is 0 Å². The number of hydrogen-bond donors (Lipinski definition) is 0. The standard InChI is InChI=1S/C14H16BrFO2S/c15-12-2-1-10(7-13(12)16)18-11-3-5-17-14(8-11)4-6-19-9-14/h1-2,7,11H,3-6,8-9H2. The third kappa shape index (κ3) is 3.09. The Morgan fingerprint density at radius 3 is 3.11 bits per heavy atom. The molecule has 3 rings (SSSR count). The molecule has 5 heteroatoms. The molecule has 104 valence electrons. The fraction of sp³-hybridized carbons (Fsp3) is 0.571. The van der Waals surface area contributed by atoms with Crippen LogP contribution in [-0.2, 0) is 4.74 Å². The zero-order chi connectivity index (χ0) is 13.3. The molecule has 0 aromatic heterocycles. The number of halogens is 2. The van der Waals surface area contributed by atoms with Crippen molar-refractivity contribution in [1.29, 1.82) is 0 Å². The number of rotatable bonds is 2. The van der Waals surface area contributed by atoms with Crippen LogP contribution in [0, 0.1) is 5.82 Å². The van der Waals surface area contributed by atoms with Crippen LogP contribution < -0.4 is 4.74 Å². The average molecular weight is 347 g/mol. The Morgan fingerprint density at radius 1 is 1.47 bits per heavy atom. The van der Waals surface area contributed by atoms with Crippen molar-refractivity contribution in [1.82, 2.24) is 0 Å². The first-order chi connectivity index (χ1) is 9.17. The molecule has 19 heavy (non-hydrogen) atoms. The zero-order valence-electron chi connectivity index (χ0n) is 10.5. The quantitative estimate of drug-likeness (QED) is 0.805. The Balaban J connectivity index is 1.67. The summed E-state index contributed by atoms with van der Waals surface area (Å²) in [5.41, 5.74) is 0.00148. The Hall–Kier alpha value is -0.260. The fourth-order valence-electron chi connectivity index (χ4n) is 2.69. The zero-order valence-corrected chi connectivity index (χ0v) is 12.9. The number of hydrogen-bond acceptors (Lipinski definition) is 3. The van der Waals surface area contributed by atoms with Gasteiger partial charge in [0, 0.05) is 24.7 Å². The lowest BCUT2D eigenvalue weighted by atomic mass is 9.91. The molecule has 2 aliphatic heterocycles. The molecule has 1 aromatic rings. The van der Waals surface area contributed by atoms with E-state index in [1.807, 2.05) is 11.8 Å². The average Bonchev–Trinajstić information content (AvgIpc) is 2.82. The van der Waals surface area contributed by atoms with Crippen molar-refractivity contribution >= 4 is 27.7 Å². The van der Waals surface area contributed by atoms with Gasteiger partial charge in [-0.3, -0.25) is 0 Å². The molecule has 0 saturated carbocycles.